The third kappa shape index (κ3) is 4.02. The number of anilines is 2. The van der Waals surface area contributed by atoms with Gasteiger partial charge in [0.05, 0.1) is 11.0 Å². The minimum absolute atomic E-state index is 0.0703. The van der Waals surface area contributed by atoms with E-state index < -0.39 is 0 Å². The molecule has 1 aliphatic heterocycles. The van der Waals surface area contributed by atoms with Crippen LogP contribution in [0.4, 0.5) is 11.6 Å². The molecule has 0 spiro atoms. The zero-order valence-electron chi connectivity index (χ0n) is 18.0. The van der Waals surface area contributed by atoms with Crippen molar-refractivity contribution in [3.8, 4) is 0 Å². The summed E-state index contributed by atoms with van der Waals surface area (Å²) >= 11 is 0. The maximum absolute atomic E-state index is 13.1. The molecule has 1 aromatic carbocycles. The van der Waals surface area contributed by atoms with E-state index in [2.05, 4.69) is 30.9 Å². The number of fused-ring (bicyclic) bond motifs is 1. The fraction of sp³-hybridized carbons (Fsp3) is 0.435. The Kier molecular flexibility index (Phi) is 5.13. The Labute approximate surface area is 181 Å². The maximum Gasteiger partial charge on any atom is 0.253 e. The van der Waals surface area contributed by atoms with Gasteiger partial charge in [-0.1, -0.05) is 0 Å². The number of carbonyl (C=O) groups is 1. The van der Waals surface area contributed by atoms with Crippen LogP contribution in [-0.4, -0.2) is 70.0 Å². The van der Waals surface area contributed by atoms with Crippen LogP contribution in [0.1, 0.15) is 36.0 Å². The first-order valence-electron chi connectivity index (χ1n) is 10.9. The molecule has 0 radical (unpaired) electrons. The van der Waals surface area contributed by atoms with Crippen molar-refractivity contribution in [3.05, 3.63) is 48.5 Å². The first kappa shape index (κ1) is 19.7. The predicted octanol–water partition coefficient (Wildman–Crippen LogP) is 2.76. The molecule has 1 saturated carbocycles. The summed E-state index contributed by atoms with van der Waals surface area (Å²) < 4.78 is 0. The number of piperidine rings is 1. The number of rotatable bonds is 5. The molecule has 0 bridgehead atoms. The van der Waals surface area contributed by atoms with Gasteiger partial charge in [-0.3, -0.25) is 14.8 Å². The van der Waals surface area contributed by atoms with E-state index in [4.69, 9.17) is 0 Å². The van der Waals surface area contributed by atoms with Crippen molar-refractivity contribution >= 4 is 28.6 Å². The molecule has 3 heterocycles. The van der Waals surface area contributed by atoms with Crippen LogP contribution in [0.25, 0.3) is 11.0 Å². The summed E-state index contributed by atoms with van der Waals surface area (Å²) in [5.41, 5.74) is 2.24. The number of nitrogens with zero attached hydrogens (tertiary/aromatic N) is 7. The smallest absolute Gasteiger partial charge is 0.253 e. The Morgan fingerprint density at radius 2 is 1.55 bits per heavy atom. The maximum atomic E-state index is 13.1. The first-order valence-corrected chi connectivity index (χ1v) is 10.9. The Bertz CT molecular complexity index is 1090. The van der Waals surface area contributed by atoms with Gasteiger partial charge in [0, 0.05) is 63.3 Å². The van der Waals surface area contributed by atoms with Gasteiger partial charge in [0.25, 0.3) is 5.91 Å². The van der Waals surface area contributed by atoms with E-state index in [0.29, 0.717) is 17.6 Å². The van der Waals surface area contributed by atoms with Gasteiger partial charge in [-0.2, -0.15) is 0 Å². The SMILES string of the molecule is CN(C)c1cc(N(C2CC2)C2CCN(C(=O)c3ccc4nccnc4c3)CC2)ncn1. The van der Waals surface area contributed by atoms with Crippen LogP contribution >= 0.6 is 0 Å². The third-order valence-corrected chi connectivity index (χ3v) is 6.16. The zero-order chi connectivity index (χ0) is 21.4. The molecule has 0 unspecified atom stereocenters. The van der Waals surface area contributed by atoms with Crippen molar-refractivity contribution in [2.75, 3.05) is 37.0 Å². The quantitative estimate of drug-likeness (QED) is 0.632. The largest absolute Gasteiger partial charge is 0.363 e. The molecule has 2 aromatic heterocycles. The third-order valence-electron chi connectivity index (χ3n) is 6.16. The van der Waals surface area contributed by atoms with Gasteiger partial charge in [0.1, 0.15) is 18.0 Å². The zero-order valence-corrected chi connectivity index (χ0v) is 18.0. The van der Waals surface area contributed by atoms with Gasteiger partial charge >= 0.3 is 0 Å². The molecule has 2 aliphatic rings. The summed E-state index contributed by atoms with van der Waals surface area (Å²) in [5.74, 6) is 1.99. The molecule has 2 fully saturated rings. The van der Waals surface area contributed by atoms with E-state index in [0.717, 1.165) is 48.6 Å². The Morgan fingerprint density at radius 1 is 0.871 bits per heavy atom. The van der Waals surface area contributed by atoms with Crippen molar-refractivity contribution in [3.63, 3.8) is 0 Å². The monoisotopic (exact) mass is 417 g/mol. The van der Waals surface area contributed by atoms with Crippen LogP contribution in [0.15, 0.2) is 43.0 Å². The lowest BCUT2D eigenvalue weighted by Crippen LogP contribution is -2.48. The summed E-state index contributed by atoms with van der Waals surface area (Å²) in [5, 5.41) is 0. The molecule has 1 saturated heterocycles. The normalized spacial score (nSPS) is 17.0. The van der Waals surface area contributed by atoms with Crippen LogP contribution in [-0.2, 0) is 0 Å². The fourth-order valence-corrected chi connectivity index (χ4v) is 4.37. The van der Waals surface area contributed by atoms with Gasteiger partial charge < -0.3 is 14.7 Å². The molecule has 3 aromatic rings. The average molecular weight is 418 g/mol. The Hall–Kier alpha value is -3.29. The van der Waals surface area contributed by atoms with E-state index in [1.807, 2.05) is 42.1 Å². The molecule has 1 aliphatic carbocycles. The Morgan fingerprint density at radius 3 is 2.26 bits per heavy atom. The number of hydrogen-bond acceptors (Lipinski definition) is 7. The van der Waals surface area contributed by atoms with Crippen molar-refractivity contribution in [2.24, 2.45) is 0 Å². The van der Waals surface area contributed by atoms with Crippen molar-refractivity contribution in [2.45, 2.75) is 37.8 Å². The molecule has 5 rings (SSSR count). The second-order valence-corrected chi connectivity index (χ2v) is 8.55. The molecular weight excluding hydrogens is 390 g/mol. The highest BCUT2D eigenvalue weighted by Gasteiger charge is 2.37. The van der Waals surface area contributed by atoms with E-state index in [1.165, 1.54) is 12.8 Å². The summed E-state index contributed by atoms with van der Waals surface area (Å²) in [4.78, 5) is 37.1. The average Bonchev–Trinajstić information content (AvgIpc) is 3.64. The summed E-state index contributed by atoms with van der Waals surface area (Å²) in [6, 6.07) is 8.59. The highest BCUT2D eigenvalue weighted by atomic mass is 16.2. The standard InChI is InChI=1S/C23H27N7O/c1-28(2)21-14-22(27-15-26-21)30(17-4-5-17)18-7-11-29(12-8-18)23(31)16-3-6-19-20(13-16)25-10-9-24-19/h3,6,9-10,13-15,17-18H,4-5,7-8,11-12H2,1-2H3. The molecular formula is C23H27N7O. The fourth-order valence-electron chi connectivity index (χ4n) is 4.37. The summed E-state index contributed by atoms with van der Waals surface area (Å²) in [7, 11) is 3.99. The number of carbonyl (C=O) groups excluding carboxylic acids is 1. The van der Waals surface area contributed by atoms with E-state index in [9.17, 15) is 4.79 Å². The molecule has 8 nitrogen and oxygen atoms in total. The number of aromatic nitrogens is 4. The van der Waals surface area contributed by atoms with Crippen LogP contribution < -0.4 is 9.80 Å². The number of hydrogen-bond donors (Lipinski definition) is 0. The highest BCUT2D eigenvalue weighted by Crippen LogP contribution is 2.36. The summed E-state index contributed by atoms with van der Waals surface area (Å²) in [6.45, 7) is 1.49. The van der Waals surface area contributed by atoms with Gasteiger partial charge in [-0.05, 0) is 43.9 Å². The van der Waals surface area contributed by atoms with Crippen molar-refractivity contribution in [1.82, 2.24) is 24.8 Å². The first-order chi connectivity index (χ1) is 15.1. The molecule has 0 atom stereocenters. The van der Waals surface area contributed by atoms with Gasteiger partial charge in [0.2, 0.25) is 0 Å². The number of benzene rings is 1. The predicted molar refractivity (Wildman–Crippen MR) is 120 cm³/mol. The molecule has 0 N–H and O–H groups in total. The minimum atomic E-state index is 0.0703. The highest BCUT2D eigenvalue weighted by molar-refractivity contribution is 5.97. The van der Waals surface area contributed by atoms with E-state index >= 15 is 0 Å². The second-order valence-electron chi connectivity index (χ2n) is 8.55. The lowest BCUT2D eigenvalue weighted by molar-refractivity contribution is 0.0712. The molecule has 8 heteroatoms. The minimum Gasteiger partial charge on any atom is -0.363 e. The lowest BCUT2D eigenvalue weighted by Gasteiger charge is -2.39. The van der Waals surface area contributed by atoms with Crippen LogP contribution in [0.2, 0.25) is 0 Å². The van der Waals surface area contributed by atoms with Crippen molar-refractivity contribution in [1.29, 1.82) is 0 Å². The summed E-state index contributed by atoms with van der Waals surface area (Å²) in [6.07, 6.45) is 9.27. The molecule has 1 amide bonds. The lowest BCUT2D eigenvalue weighted by atomic mass is 10.0. The van der Waals surface area contributed by atoms with Gasteiger partial charge in [0.15, 0.2) is 0 Å². The van der Waals surface area contributed by atoms with Crippen LogP contribution in [0.5, 0.6) is 0 Å². The number of likely N-dealkylation sites (tertiary alicyclic amines) is 1. The Balaban J connectivity index is 1.29. The van der Waals surface area contributed by atoms with Gasteiger partial charge in [-0.25, -0.2) is 9.97 Å². The van der Waals surface area contributed by atoms with Gasteiger partial charge in [-0.15, -0.1) is 0 Å². The van der Waals surface area contributed by atoms with E-state index in [1.54, 1.807) is 18.7 Å². The van der Waals surface area contributed by atoms with Crippen LogP contribution in [0.3, 0.4) is 0 Å². The van der Waals surface area contributed by atoms with E-state index in [-0.39, 0.29) is 5.91 Å². The topological polar surface area (TPSA) is 78.4 Å². The van der Waals surface area contributed by atoms with Crippen molar-refractivity contribution < 1.29 is 4.79 Å². The second kappa shape index (κ2) is 8.09. The molecule has 31 heavy (non-hydrogen) atoms. The molecule has 160 valence electrons. The number of amides is 1. The van der Waals surface area contributed by atoms with Crippen LogP contribution in [0, 0.1) is 0 Å².